The first-order chi connectivity index (χ1) is 14.4. The average Bonchev–Trinajstić information content (AvgIpc) is 3.42. The van der Waals surface area contributed by atoms with E-state index in [4.69, 9.17) is 9.15 Å². The summed E-state index contributed by atoms with van der Waals surface area (Å²) >= 11 is 0. The number of furan rings is 1. The smallest absolute Gasteiger partial charge is 0.251 e. The van der Waals surface area contributed by atoms with Crippen LogP contribution >= 0.6 is 0 Å². The molecule has 0 spiro atoms. The summed E-state index contributed by atoms with van der Waals surface area (Å²) in [4.78, 5) is 12.7. The summed E-state index contributed by atoms with van der Waals surface area (Å²) in [5.74, 6) is 0.255. The molecule has 1 amide bonds. The molecule has 3 aromatic rings. The van der Waals surface area contributed by atoms with Crippen LogP contribution in [0.2, 0.25) is 0 Å². The number of rotatable bonds is 7. The number of hydrogen-bond donors (Lipinski definition) is 2. The lowest BCUT2D eigenvalue weighted by molar-refractivity contribution is 0.0935. The Balaban J connectivity index is 1.45. The number of para-hydroxylation sites is 1. The van der Waals surface area contributed by atoms with Crippen molar-refractivity contribution in [2.24, 2.45) is 0 Å². The summed E-state index contributed by atoms with van der Waals surface area (Å²) < 4.78 is 39.0. The van der Waals surface area contributed by atoms with Gasteiger partial charge in [-0.15, -0.1) is 0 Å². The van der Waals surface area contributed by atoms with Gasteiger partial charge in [-0.2, -0.15) is 0 Å². The lowest BCUT2D eigenvalue weighted by atomic mass is 10.1. The summed E-state index contributed by atoms with van der Waals surface area (Å²) in [6.45, 7) is 2.70. The molecule has 2 N–H and O–H groups in total. The second kappa shape index (κ2) is 8.59. The number of fused-ring (bicyclic) bond motifs is 1. The second-order valence-corrected chi connectivity index (χ2v) is 9.16. The van der Waals surface area contributed by atoms with E-state index in [9.17, 15) is 13.2 Å². The number of amides is 1. The molecule has 1 aromatic heterocycles. The number of carbonyl (C=O) groups is 1. The van der Waals surface area contributed by atoms with Gasteiger partial charge in [-0.3, -0.25) is 4.79 Å². The van der Waals surface area contributed by atoms with Crippen molar-refractivity contribution < 1.29 is 22.4 Å². The van der Waals surface area contributed by atoms with Crippen LogP contribution in [-0.2, 0) is 14.8 Å². The maximum atomic E-state index is 12.7. The van der Waals surface area contributed by atoms with Gasteiger partial charge >= 0.3 is 0 Å². The minimum absolute atomic E-state index is 0.0459. The number of ether oxygens (including phenoxy) is 1. The Morgan fingerprint density at radius 1 is 1.17 bits per heavy atom. The molecule has 4 rings (SSSR count). The molecule has 7 nitrogen and oxygen atoms in total. The fraction of sp³-hybridized carbons (Fsp3) is 0.318. The lowest BCUT2D eigenvalue weighted by Crippen LogP contribution is -2.32. The zero-order chi connectivity index (χ0) is 21.1. The summed E-state index contributed by atoms with van der Waals surface area (Å²) in [6.07, 6.45) is 1.67. The van der Waals surface area contributed by atoms with E-state index in [1.165, 1.54) is 12.1 Å². The van der Waals surface area contributed by atoms with Crippen LogP contribution in [0.3, 0.4) is 0 Å². The van der Waals surface area contributed by atoms with Gasteiger partial charge < -0.3 is 14.5 Å². The zero-order valence-corrected chi connectivity index (χ0v) is 17.4. The van der Waals surface area contributed by atoms with Crippen LogP contribution in [0.1, 0.15) is 41.9 Å². The topological polar surface area (TPSA) is 97.6 Å². The van der Waals surface area contributed by atoms with Crippen molar-refractivity contribution in [3.8, 4) is 0 Å². The van der Waals surface area contributed by atoms with E-state index < -0.39 is 10.0 Å². The van der Waals surface area contributed by atoms with E-state index in [0.717, 1.165) is 23.8 Å². The second-order valence-electron chi connectivity index (χ2n) is 7.40. The molecule has 8 heteroatoms. The molecule has 1 fully saturated rings. The summed E-state index contributed by atoms with van der Waals surface area (Å²) in [6, 6.07) is 15.1. The summed E-state index contributed by atoms with van der Waals surface area (Å²) in [7, 11) is -3.73. The molecule has 0 bridgehead atoms. The number of hydrogen-bond acceptors (Lipinski definition) is 5. The first-order valence-electron chi connectivity index (χ1n) is 9.93. The molecule has 0 aliphatic carbocycles. The predicted octanol–water partition coefficient (Wildman–Crippen LogP) is 3.38. The van der Waals surface area contributed by atoms with Gasteiger partial charge in [0.1, 0.15) is 11.3 Å². The first-order valence-corrected chi connectivity index (χ1v) is 11.4. The molecule has 0 radical (unpaired) electrons. The number of sulfonamides is 1. The Morgan fingerprint density at radius 3 is 2.77 bits per heavy atom. The lowest BCUT2D eigenvalue weighted by Gasteiger charge is -2.13. The fourth-order valence-electron chi connectivity index (χ4n) is 3.46. The highest BCUT2D eigenvalue weighted by molar-refractivity contribution is 7.89. The highest BCUT2D eigenvalue weighted by atomic mass is 32.2. The van der Waals surface area contributed by atoms with Crippen molar-refractivity contribution in [2.75, 3.05) is 13.2 Å². The normalized spacial score (nSPS) is 17.8. The molecule has 2 unspecified atom stereocenters. The van der Waals surface area contributed by atoms with Crippen LogP contribution in [0.15, 0.2) is 63.9 Å². The third-order valence-corrected chi connectivity index (χ3v) is 6.57. The Bertz CT molecular complexity index is 1120. The molecule has 2 aromatic carbocycles. The van der Waals surface area contributed by atoms with Gasteiger partial charge in [0.15, 0.2) is 0 Å². The summed E-state index contributed by atoms with van der Waals surface area (Å²) in [5, 5.41) is 3.82. The number of nitrogens with one attached hydrogen (secondary N) is 2. The molecular weight excluding hydrogens is 404 g/mol. The molecule has 1 aliphatic heterocycles. The van der Waals surface area contributed by atoms with Crippen LogP contribution < -0.4 is 10.0 Å². The van der Waals surface area contributed by atoms with Gasteiger partial charge in [0.25, 0.3) is 5.91 Å². The zero-order valence-electron chi connectivity index (χ0n) is 16.6. The van der Waals surface area contributed by atoms with Crippen molar-refractivity contribution >= 4 is 26.9 Å². The Hall–Kier alpha value is -2.68. The summed E-state index contributed by atoms with van der Waals surface area (Å²) in [5.41, 5.74) is 1.01. The maximum Gasteiger partial charge on any atom is 0.251 e. The van der Waals surface area contributed by atoms with Crippen LogP contribution in [0.25, 0.3) is 11.0 Å². The van der Waals surface area contributed by atoms with Gasteiger partial charge in [0, 0.05) is 24.1 Å². The first kappa shape index (κ1) is 20.6. The van der Waals surface area contributed by atoms with E-state index in [1.807, 2.05) is 37.3 Å². The molecular formula is C22H24N2O5S. The molecule has 158 valence electrons. The third kappa shape index (κ3) is 4.56. The standard InChI is InChI=1S/C22H24N2O5S/c1-15(21-13-16-6-2-3-10-20(16)29-21)24-22(25)17-7-4-9-19(12-17)30(26,27)23-14-18-8-5-11-28-18/h2-4,6-7,9-10,12-13,15,18,23H,5,8,11,14H2,1H3,(H,24,25). The maximum absolute atomic E-state index is 12.7. The molecule has 1 saturated heterocycles. The largest absolute Gasteiger partial charge is 0.459 e. The fourth-order valence-corrected chi connectivity index (χ4v) is 4.57. The Morgan fingerprint density at radius 2 is 2.00 bits per heavy atom. The van der Waals surface area contributed by atoms with E-state index in [0.29, 0.717) is 12.4 Å². The minimum atomic E-state index is -3.73. The van der Waals surface area contributed by atoms with Crippen molar-refractivity contribution in [3.63, 3.8) is 0 Å². The van der Waals surface area contributed by atoms with Crippen molar-refractivity contribution in [1.29, 1.82) is 0 Å². The third-order valence-electron chi connectivity index (χ3n) is 5.15. The SMILES string of the molecule is CC(NC(=O)c1cccc(S(=O)(=O)NCC2CCCO2)c1)c1cc2ccccc2o1. The van der Waals surface area contributed by atoms with Gasteiger partial charge in [-0.05, 0) is 50.1 Å². The highest BCUT2D eigenvalue weighted by Gasteiger charge is 2.22. The van der Waals surface area contributed by atoms with Gasteiger partial charge in [0.2, 0.25) is 10.0 Å². The van der Waals surface area contributed by atoms with Gasteiger partial charge in [-0.25, -0.2) is 13.1 Å². The van der Waals surface area contributed by atoms with Gasteiger partial charge in [0.05, 0.1) is 17.0 Å². The Kier molecular flexibility index (Phi) is 5.90. The highest BCUT2D eigenvalue weighted by Crippen LogP contribution is 2.24. The monoisotopic (exact) mass is 428 g/mol. The van der Waals surface area contributed by atoms with E-state index in [2.05, 4.69) is 10.0 Å². The van der Waals surface area contributed by atoms with Crippen LogP contribution in [0, 0.1) is 0 Å². The van der Waals surface area contributed by atoms with Crippen molar-refractivity contribution in [2.45, 2.75) is 36.8 Å². The van der Waals surface area contributed by atoms with Crippen molar-refractivity contribution in [1.82, 2.24) is 10.0 Å². The quantitative estimate of drug-likeness (QED) is 0.601. The minimum Gasteiger partial charge on any atom is -0.459 e. The van der Waals surface area contributed by atoms with Gasteiger partial charge in [-0.1, -0.05) is 24.3 Å². The number of benzene rings is 2. The molecule has 0 saturated carbocycles. The van der Waals surface area contributed by atoms with E-state index in [-0.39, 0.29) is 35.1 Å². The van der Waals surface area contributed by atoms with Crippen LogP contribution in [0.4, 0.5) is 0 Å². The van der Waals surface area contributed by atoms with Crippen molar-refractivity contribution in [3.05, 3.63) is 65.9 Å². The average molecular weight is 429 g/mol. The van der Waals surface area contributed by atoms with E-state index >= 15 is 0 Å². The molecule has 1 aliphatic rings. The molecule has 30 heavy (non-hydrogen) atoms. The predicted molar refractivity (Wildman–Crippen MR) is 113 cm³/mol. The molecule has 2 heterocycles. The van der Waals surface area contributed by atoms with E-state index in [1.54, 1.807) is 12.1 Å². The molecule has 2 atom stereocenters. The Labute approximate surface area is 175 Å². The van der Waals surface area contributed by atoms with Crippen LogP contribution in [-0.4, -0.2) is 33.6 Å². The van der Waals surface area contributed by atoms with Crippen LogP contribution in [0.5, 0.6) is 0 Å². The number of carbonyl (C=O) groups excluding carboxylic acids is 1.